The van der Waals surface area contributed by atoms with Crippen LogP contribution in [-0.4, -0.2) is 31.8 Å². The third-order valence-corrected chi connectivity index (χ3v) is 2.40. The van der Waals surface area contributed by atoms with E-state index in [2.05, 4.69) is 10.4 Å². The van der Waals surface area contributed by atoms with Gasteiger partial charge < -0.3 is 5.32 Å². The van der Waals surface area contributed by atoms with Crippen molar-refractivity contribution in [2.75, 3.05) is 13.6 Å². The lowest BCUT2D eigenvalue weighted by atomic mass is 10.6. The highest BCUT2D eigenvalue weighted by Crippen LogP contribution is 2.02. The molecule has 6 nitrogen and oxygen atoms in total. The molecule has 1 aromatic heterocycles. The summed E-state index contributed by atoms with van der Waals surface area (Å²) in [6, 6.07) is 0. The van der Waals surface area contributed by atoms with E-state index in [1.807, 2.05) is 7.05 Å². The van der Waals surface area contributed by atoms with Crippen LogP contribution in [0.1, 0.15) is 0 Å². The molecule has 0 spiro atoms. The maximum absolute atomic E-state index is 10.8. The van der Waals surface area contributed by atoms with Crippen LogP contribution in [-0.2, 0) is 16.6 Å². The number of hydrogen-bond donors (Lipinski definition) is 2. The normalized spacial score (nSPS) is 11.8. The van der Waals surface area contributed by atoms with E-state index in [0.717, 1.165) is 6.54 Å². The van der Waals surface area contributed by atoms with Gasteiger partial charge in [-0.1, -0.05) is 0 Å². The first-order valence-electron chi connectivity index (χ1n) is 3.74. The van der Waals surface area contributed by atoms with Crippen LogP contribution in [0.15, 0.2) is 17.3 Å². The number of primary sulfonamides is 1. The molecule has 0 radical (unpaired) electrons. The van der Waals surface area contributed by atoms with E-state index in [9.17, 15) is 8.42 Å². The van der Waals surface area contributed by atoms with Crippen molar-refractivity contribution < 1.29 is 8.42 Å². The first-order chi connectivity index (χ1) is 6.04. The standard InChI is InChI=1S/C6H12N4O2S/c1-8-2-3-10-5-6(4-9-10)13(7,11)12/h4-5,8H,2-3H2,1H3,(H2,7,11,12). The van der Waals surface area contributed by atoms with Gasteiger partial charge in [-0.15, -0.1) is 0 Å². The fraction of sp³-hybridized carbons (Fsp3) is 0.500. The van der Waals surface area contributed by atoms with Gasteiger partial charge in [0.2, 0.25) is 10.0 Å². The molecule has 1 aromatic rings. The van der Waals surface area contributed by atoms with Crippen molar-refractivity contribution in [3.8, 4) is 0 Å². The Labute approximate surface area is 76.8 Å². The molecular formula is C6H12N4O2S. The molecule has 0 aliphatic carbocycles. The molecule has 0 saturated heterocycles. The lowest BCUT2D eigenvalue weighted by molar-refractivity contribution is 0.581. The van der Waals surface area contributed by atoms with E-state index < -0.39 is 10.0 Å². The van der Waals surface area contributed by atoms with Gasteiger partial charge in [0.1, 0.15) is 4.90 Å². The Balaban J connectivity index is 2.76. The molecule has 0 aliphatic heterocycles. The van der Waals surface area contributed by atoms with Gasteiger partial charge >= 0.3 is 0 Å². The summed E-state index contributed by atoms with van der Waals surface area (Å²) >= 11 is 0. The van der Waals surface area contributed by atoms with Gasteiger partial charge in [-0.25, -0.2) is 13.6 Å². The Morgan fingerprint density at radius 1 is 1.69 bits per heavy atom. The Morgan fingerprint density at radius 2 is 2.38 bits per heavy atom. The average molecular weight is 204 g/mol. The van der Waals surface area contributed by atoms with Crippen molar-refractivity contribution in [3.05, 3.63) is 12.4 Å². The second-order valence-electron chi connectivity index (χ2n) is 2.59. The van der Waals surface area contributed by atoms with Crippen molar-refractivity contribution in [2.45, 2.75) is 11.4 Å². The van der Waals surface area contributed by atoms with Crippen molar-refractivity contribution in [2.24, 2.45) is 5.14 Å². The fourth-order valence-electron chi connectivity index (χ4n) is 0.840. The monoisotopic (exact) mass is 204 g/mol. The number of nitrogens with two attached hydrogens (primary N) is 1. The van der Waals surface area contributed by atoms with Crippen LogP contribution in [0.25, 0.3) is 0 Å². The third kappa shape index (κ3) is 2.79. The molecule has 0 fully saturated rings. The van der Waals surface area contributed by atoms with Crippen molar-refractivity contribution in [1.29, 1.82) is 0 Å². The number of sulfonamides is 1. The largest absolute Gasteiger partial charge is 0.318 e. The van der Waals surface area contributed by atoms with E-state index >= 15 is 0 Å². The van der Waals surface area contributed by atoms with Crippen LogP contribution >= 0.6 is 0 Å². The highest BCUT2D eigenvalue weighted by Gasteiger charge is 2.09. The summed E-state index contributed by atoms with van der Waals surface area (Å²) < 4.78 is 23.2. The quantitative estimate of drug-likeness (QED) is 0.641. The molecule has 7 heteroatoms. The van der Waals surface area contributed by atoms with Gasteiger partial charge in [-0.2, -0.15) is 5.10 Å². The Bertz CT molecular complexity index is 370. The molecule has 1 heterocycles. The van der Waals surface area contributed by atoms with Gasteiger partial charge in [-0.3, -0.25) is 4.68 Å². The number of likely N-dealkylation sites (N-methyl/N-ethyl adjacent to an activating group) is 1. The van der Waals surface area contributed by atoms with E-state index in [1.54, 1.807) is 0 Å². The number of aromatic nitrogens is 2. The molecule has 3 N–H and O–H groups in total. The van der Waals surface area contributed by atoms with Gasteiger partial charge in [0.15, 0.2) is 0 Å². The maximum Gasteiger partial charge on any atom is 0.241 e. The second-order valence-corrected chi connectivity index (χ2v) is 4.15. The minimum Gasteiger partial charge on any atom is -0.318 e. The number of rotatable bonds is 4. The lowest BCUT2D eigenvalue weighted by Crippen LogP contribution is -2.15. The maximum atomic E-state index is 10.8. The topological polar surface area (TPSA) is 90.0 Å². The minimum absolute atomic E-state index is 0.0450. The van der Waals surface area contributed by atoms with Crippen LogP contribution in [0.4, 0.5) is 0 Å². The smallest absolute Gasteiger partial charge is 0.241 e. The lowest BCUT2D eigenvalue weighted by Gasteiger charge is -1.98. The second kappa shape index (κ2) is 3.86. The molecule has 0 unspecified atom stereocenters. The van der Waals surface area contributed by atoms with Crippen molar-refractivity contribution >= 4 is 10.0 Å². The van der Waals surface area contributed by atoms with Crippen LogP contribution in [0.3, 0.4) is 0 Å². The van der Waals surface area contributed by atoms with Gasteiger partial charge in [0, 0.05) is 12.7 Å². The Hall–Kier alpha value is -0.920. The molecule has 0 saturated carbocycles. The summed E-state index contributed by atoms with van der Waals surface area (Å²) in [7, 11) is -1.80. The van der Waals surface area contributed by atoms with Crippen LogP contribution in [0.2, 0.25) is 0 Å². The molecule has 1 rings (SSSR count). The number of hydrogen-bond acceptors (Lipinski definition) is 4. The molecule has 0 aromatic carbocycles. The average Bonchev–Trinajstić information content (AvgIpc) is 2.47. The van der Waals surface area contributed by atoms with E-state index in [-0.39, 0.29) is 4.90 Å². The zero-order chi connectivity index (χ0) is 9.90. The third-order valence-electron chi connectivity index (χ3n) is 1.53. The highest BCUT2D eigenvalue weighted by molar-refractivity contribution is 7.89. The Kier molecular flexibility index (Phi) is 3.02. The van der Waals surface area contributed by atoms with Gasteiger partial charge in [0.25, 0.3) is 0 Å². The number of nitrogens with one attached hydrogen (secondary N) is 1. The first kappa shape index (κ1) is 10.2. The zero-order valence-corrected chi connectivity index (χ0v) is 8.08. The van der Waals surface area contributed by atoms with E-state index in [0.29, 0.717) is 6.54 Å². The molecular weight excluding hydrogens is 192 g/mol. The van der Waals surface area contributed by atoms with E-state index in [1.165, 1.54) is 17.1 Å². The van der Waals surface area contributed by atoms with E-state index in [4.69, 9.17) is 5.14 Å². The fourth-order valence-corrected chi connectivity index (χ4v) is 1.30. The first-order valence-corrected chi connectivity index (χ1v) is 5.28. The summed E-state index contributed by atoms with van der Waals surface area (Å²) in [5.74, 6) is 0. The molecule has 0 atom stereocenters. The van der Waals surface area contributed by atoms with Crippen molar-refractivity contribution in [1.82, 2.24) is 15.1 Å². The SMILES string of the molecule is CNCCn1cc(S(N)(=O)=O)cn1. The molecule has 13 heavy (non-hydrogen) atoms. The predicted octanol–water partition coefficient (Wildman–Crippen LogP) is -1.25. The zero-order valence-electron chi connectivity index (χ0n) is 7.27. The number of nitrogens with zero attached hydrogens (tertiary/aromatic N) is 2. The summed E-state index contributed by atoms with van der Waals surface area (Å²) in [6.07, 6.45) is 2.65. The molecule has 0 bridgehead atoms. The molecule has 74 valence electrons. The highest BCUT2D eigenvalue weighted by atomic mass is 32.2. The van der Waals surface area contributed by atoms with Crippen molar-refractivity contribution in [3.63, 3.8) is 0 Å². The summed E-state index contributed by atoms with van der Waals surface area (Å²) in [6.45, 7) is 1.34. The van der Waals surface area contributed by atoms with Crippen LogP contribution < -0.4 is 10.5 Å². The van der Waals surface area contributed by atoms with Crippen LogP contribution in [0.5, 0.6) is 0 Å². The summed E-state index contributed by atoms with van der Waals surface area (Å²) in [5, 5.41) is 11.7. The minimum atomic E-state index is -3.61. The van der Waals surface area contributed by atoms with Gasteiger partial charge in [0.05, 0.1) is 12.7 Å². The molecule has 0 amide bonds. The predicted molar refractivity (Wildman–Crippen MR) is 47.5 cm³/mol. The van der Waals surface area contributed by atoms with Gasteiger partial charge in [-0.05, 0) is 7.05 Å². The van der Waals surface area contributed by atoms with Crippen LogP contribution in [0, 0.1) is 0 Å². The Morgan fingerprint density at radius 3 is 2.85 bits per heavy atom. The summed E-state index contributed by atoms with van der Waals surface area (Å²) in [5.41, 5.74) is 0. The molecule has 0 aliphatic rings. The summed E-state index contributed by atoms with van der Waals surface area (Å²) in [4.78, 5) is 0.0450.